The molecule has 0 atom stereocenters. The van der Waals surface area contributed by atoms with Gasteiger partial charge in [-0.05, 0) is 6.07 Å². The van der Waals surface area contributed by atoms with E-state index in [1.807, 2.05) is 0 Å². The number of phenols is 1. The van der Waals surface area contributed by atoms with Crippen LogP contribution in [0.3, 0.4) is 0 Å². The second-order valence-electron chi connectivity index (χ2n) is 3.14. The Bertz CT molecular complexity index is 531. The minimum Gasteiger partial charge on any atom is -0.507 e. The molecule has 5 heteroatoms. The van der Waals surface area contributed by atoms with Gasteiger partial charge in [0.05, 0.1) is 5.56 Å². The summed E-state index contributed by atoms with van der Waals surface area (Å²) in [6.45, 7) is 0. The monoisotopic (exact) mass is 206 g/mol. The van der Waals surface area contributed by atoms with E-state index in [2.05, 4.69) is 5.32 Å². The van der Waals surface area contributed by atoms with E-state index in [1.165, 1.54) is 19.2 Å². The molecule has 0 aliphatic carbocycles. The molecule has 78 valence electrons. The Hall–Kier alpha value is -2.17. The van der Waals surface area contributed by atoms with E-state index in [0.29, 0.717) is 11.0 Å². The van der Waals surface area contributed by atoms with Gasteiger partial charge in [0.15, 0.2) is 5.88 Å². The highest BCUT2D eigenvalue weighted by molar-refractivity contribution is 6.00. The van der Waals surface area contributed by atoms with Crippen molar-refractivity contribution < 1.29 is 14.3 Å². The number of fused-ring (bicyclic) bond motifs is 1. The Morgan fingerprint density at radius 2 is 2.20 bits per heavy atom. The van der Waals surface area contributed by atoms with Crippen molar-refractivity contribution in [2.75, 3.05) is 12.8 Å². The van der Waals surface area contributed by atoms with Crippen LogP contribution < -0.4 is 11.1 Å². The summed E-state index contributed by atoms with van der Waals surface area (Å²) < 4.78 is 5.10. The molecule has 0 saturated carbocycles. The topological polar surface area (TPSA) is 88.5 Å². The number of nitrogens with two attached hydrogens (primary N) is 1. The van der Waals surface area contributed by atoms with Crippen molar-refractivity contribution in [2.45, 2.75) is 0 Å². The first-order valence-corrected chi connectivity index (χ1v) is 4.36. The highest BCUT2D eigenvalue weighted by Gasteiger charge is 2.12. The van der Waals surface area contributed by atoms with Crippen LogP contribution in [0.5, 0.6) is 5.75 Å². The number of anilines is 1. The van der Waals surface area contributed by atoms with Gasteiger partial charge >= 0.3 is 0 Å². The lowest BCUT2D eigenvalue weighted by Gasteiger charge is -2.02. The molecule has 0 fully saturated rings. The standard InChI is InChI=1S/C10H10N2O3/c1-12-10(14)6-2-5-3-9(11)15-8(5)4-7(6)13/h2-4,13H,11H2,1H3,(H,12,14). The molecule has 4 N–H and O–H groups in total. The number of nitrogen functional groups attached to an aromatic ring is 1. The Morgan fingerprint density at radius 3 is 2.87 bits per heavy atom. The summed E-state index contributed by atoms with van der Waals surface area (Å²) in [7, 11) is 1.50. The first-order chi connectivity index (χ1) is 7.11. The molecule has 1 heterocycles. The zero-order valence-electron chi connectivity index (χ0n) is 8.07. The van der Waals surface area contributed by atoms with Crippen LogP contribution in [-0.4, -0.2) is 18.1 Å². The van der Waals surface area contributed by atoms with Crippen molar-refractivity contribution in [3.63, 3.8) is 0 Å². The highest BCUT2D eigenvalue weighted by atomic mass is 16.3. The first kappa shape index (κ1) is 9.39. The normalized spacial score (nSPS) is 10.5. The van der Waals surface area contributed by atoms with Gasteiger partial charge in [-0.15, -0.1) is 0 Å². The molecule has 2 aromatic rings. The molecule has 1 aromatic heterocycles. The molecule has 0 aliphatic heterocycles. The number of carbonyl (C=O) groups excluding carboxylic acids is 1. The third kappa shape index (κ3) is 1.48. The Kier molecular flexibility index (Phi) is 2.00. The first-order valence-electron chi connectivity index (χ1n) is 4.36. The van der Waals surface area contributed by atoms with Crippen molar-refractivity contribution in [3.05, 3.63) is 23.8 Å². The van der Waals surface area contributed by atoms with Crippen LogP contribution in [-0.2, 0) is 0 Å². The number of nitrogens with one attached hydrogen (secondary N) is 1. The summed E-state index contributed by atoms with van der Waals surface area (Å²) >= 11 is 0. The van der Waals surface area contributed by atoms with Crippen molar-refractivity contribution in [1.29, 1.82) is 0 Å². The molecule has 0 unspecified atom stereocenters. The van der Waals surface area contributed by atoms with Gasteiger partial charge in [-0.2, -0.15) is 0 Å². The maximum Gasteiger partial charge on any atom is 0.254 e. The minimum absolute atomic E-state index is 0.129. The third-order valence-electron chi connectivity index (χ3n) is 2.13. The van der Waals surface area contributed by atoms with Crippen LogP contribution >= 0.6 is 0 Å². The summed E-state index contributed by atoms with van der Waals surface area (Å²) in [4.78, 5) is 11.4. The van der Waals surface area contributed by atoms with Crippen LogP contribution in [0, 0.1) is 0 Å². The number of carbonyl (C=O) groups is 1. The van der Waals surface area contributed by atoms with Gasteiger partial charge in [-0.25, -0.2) is 0 Å². The van der Waals surface area contributed by atoms with Gasteiger partial charge in [0.1, 0.15) is 11.3 Å². The molecule has 0 radical (unpaired) electrons. The predicted octanol–water partition coefficient (Wildman–Crippen LogP) is 1.08. The van der Waals surface area contributed by atoms with Gasteiger partial charge in [0.2, 0.25) is 0 Å². The van der Waals surface area contributed by atoms with Gasteiger partial charge in [-0.3, -0.25) is 4.79 Å². The zero-order chi connectivity index (χ0) is 11.0. The largest absolute Gasteiger partial charge is 0.507 e. The molecule has 0 bridgehead atoms. The van der Waals surface area contributed by atoms with E-state index >= 15 is 0 Å². The summed E-state index contributed by atoms with van der Waals surface area (Å²) in [6, 6.07) is 4.50. The number of phenolic OH excluding ortho intramolecular Hbond substituents is 1. The molecular formula is C10H10N2O3. The van der Waals surface area contributed by atoms with Crippen LogP contribution in [0.1, 0.15) is 10.4 Å². The summed E-state index contributed by atoms with van der Waals surface area (Å²) in [5.41, 5.74) is 6.11. The minimum atomic E-state index is -0.353. The maximum atomic E-state index is 11.4. The smallest absolute Gasteiger partial charge is 0.254 e. The average Bonchev–Trinajstić information content (AvgIpc) is 2.55. The van der Waals surface area contributed by atoms with Gasteiger partial charge in [0, 0.05) is 24.6 Å². The number of benzene rings is 1. The van der Waals surface area contributed by atoms with Gasteiger partial charge in [0.25, 0.3) is 5.91 Å². The lowest BCUT2D eigenvalue weighted by atomic mass is 10.1. The molecule has 15 heavy (non-hydrogen) atoms. The van der Waals surface area contributed by atoms with Gasteiger partial charge in [-0.1, -0.05) is 0 Å². The van der Waals surface area contributed by atoms with Crippen LogP contribution in [0.2, 0.25) is 0 Å². The van der Waals surface area contributed by atoms with Crippen LogP contribution in [0.15, 0.2) is 22.6 Å². The zero-order valence-corrected chi connectivity index (χ0v) is 8.07. The van der Waals surface area contributed by atoms with E-state index in [1.54, 1.807) is 6.07 Å². The molecule has 1 aromatic carbocycles. The van der Waals surface area contributed by atoms with Crippen LogP contribution in [0.4, 0.5) is 5.88 Å². The number of amides is 1. The van der Waals surface area contributed by atoms with Gasteiger partial charge < -0.3 is 20.6 Å². The molecule has 0 spiro atoms. The van der Waals surface area contributed by atoms with E-state index in [9.17, 15) is 9.90 Å². The van der Waals surface area contributed by atoms with E-state index in [-0.39, 0.29) is 23.1 Å². The summed E-state index contributed by atoms with van der Waals surface area (Å²) in [5, 5.41) is 12.7. The molecule has 5 nitrogen and oxygen atoms in total. The third-order valence-corrected chi connectivity index (χ3v) is 2.13. The fourth-order valence-corrected chi connectivity index (χ4v) is 1.41. The Morgan fingerprint density at radius 1 is 1.47 bits per heavy atom. The Labute approximate surface area is 85.5 Å². The number of rotatable bonds is 1. The second-order valence-corrected chi connectivity index (χ2v) is 3.14. The van der Waals surface area contributed by atoms with Crippen molar-refractivity contribution in [2.24, 2.45) is 0 Å². The molecule has 1 amide bonds. The number of furan rings is 1. The average molecular weight is 206 g/mol. The highest BCUT2D eigenvalue weighted by Crippen LogP contribution is 2.28. The maximum absolute atomic E-state index is 11.4. The molecule has 2 rings (SSSR count). The van der Waals surface area contributed by atoms with E-state index in [4.69, 9.17) is 10.2 Å². The fraction of sp³-hybridized carbons (Fsp3) is 0.100. The SMILES string of the molecule is CNC(=O)c1cc2cc(N)oc2cc1O. The van der Waals surface area contributed by atoms with Crippen molar-refractivity contribution >= 4 is 22.8 Å². The quantitative estimate of drug-likeness (QED) is 0.651. The van der Waals surface area contributed by atoms with E-state index < -0.39 is 0 Å². The summed E-state index contributed by atoms with van der Waals surface area (Å²) in [5.74, 6) is -0.233. The lowest BCUT2D eigenvalue weighted by molar-refractivity contribution is 0.0960. The van der Waals surface area contributed by atoms with Crippen molar-refractivity contribution in [1.82, 2.24) is 5.32 Å². The Balaban J connectivity index is 2.66. The molecule has 0 saturated heterocycles. The second kappa shape index (κ2) is 3.20. The predicted molar refractivity (Wildman–Crippen MR) is 55.7 cm³/mol. The van der Waals surface area contributed by atoms with Crippen LogP contribution in [0.25, 0.3) is 11.0 Å². The number of hydrogen-bond acceptors (Lipinski definition) is 4. The summed E-state index contributed by atoms with van der Waals surface area (Å²) in [6.07, 6.45) is 0. The number of aromatic hydroxyl groups is 1. The van der Waals surface area contributed by atoms with E-state index in [0.717, 1.165) is 0 Å². The fourth-order valence-electron chi connectivity index (χ4n) is 1.41. The van der Waals surface area contributed by atoms with Crippen molar-refractivity contribution in [3.8, 4) is 5.75 Å². The molecular weight excluding hydrogens is 196 g/mol. The molecule has 0 aliphatic rings. The lowest BCUT2D eigenvalue weighted by Crippen LogP contribution is -2.17. The number of hydrogen-bond donors (Lipinski definition) is 3.